The molecule has 0 saturated heterocycles. The molecule has 200 valence electrons. The second-order valence-electron chi connectivity index (χ2n) is 10.1. The molecule has 4 aromatic heterocycles. The minimum absolute atomic E-state index is 0.131. The van der Waals surface area contributed by atoms with Crippen molar-refractivity contribution in [3.05, 3.63) is 113 Å². The lowest BCUT2D eigenvalue weighted by molar-refractivity contribution is 0.195. The summed E-state index contributed by atoms with van der Waals surface area (Å²) in [5, 5.41) is 9.67. The number of benzene rings is 1. The van der Waals surface area contributed by atoms with E-state index in [1.54, 1.807) is 66.7 Å². The Kier molecular flexibility index (Phi) is 5.58. The molecule has 5 heterocycles. The van der Waals surface area contributed by atoms with Crippen molar-refractivity contribution in [3.63, 3.8) is 0 Å². The topological polar surface area (TPSA) is 92.7 Å². The highest BCUT2D eigenvalue weighted by atomic mass is 19.1. The van der Waals surface area contributed by atoms with E-state index in [-0.39, 0.29) is 39.5 Å². The molecule has 1 fully saturated rings. The molecular weight excluding hydrogens is 512 g/mol. The lowest BCUT2D eigenvalue weighted by atomic mass is 9.84. The van der Waals surface area contributed by atoms with Crippen LogP contribution in [-0.2, 0) is 10.5 Å². The standard InChI is InChI=1S/C30H25F2N7O/c1-17-25(18(2)40-39(17)24-10-7-15-35-38-24)20-16-21(27-28(26(20)31)37-29(36-27)19-11-12-19)30(32,22-8-3-5-13-33-22)23-9-4-6-14-34-23/h3-10,13-17,19H,11-12H2,1-2H3,(H,36,37). The first-order valence-electron chi connectivity index (χ1n) is 13.2. The van der Waals surface area contributed by atoms with Gasteiger partial charge in [-0.2, -0.15) is 10.2 Å². The normalized spacial score (nSPS) is 17.5. The predicted octanol–water partition coefficient (Wildman–Crippen LogP) is 5.99. The van der Waals surface area contributed by atoms with Gasteiger partial charge in [0.1, 0.15) is 17.1 Å². The third-order valence-corrected chi connectivity index (χ3v) is 7.55. The Morgan fingerprint density at radius 3 is 2.33 bits per heavy atom. The van der Waals surface area contributed by atoms with Gasteiger partial charge < -0.3 is 9.82 Å². The van der Waals surface area contributed by atoms with Crippen LogP contribution >= 0.6 is 0 Å². The van der Waals surface area contributed by atoms with Crippen LogP contribution in [0.3, 0.4) is 0 Å². The summed E-state index contributed by atoms with van der Waals surface area (Å²) < 4.78 is 34.4. The first kappa shape index (κ1) is 24.3. The maximum atomic E-state index is 17.9. The van der Waals surface area contributed by atoms with Crippen molar-refractivity contribution >= 4 is 22.4 Å². The van der Waals surface area contributed by atoms with E-state index in [0.29, 0.717) is 23.0 Å². The zero-order valence-electron chi connectivity index (χ0n) is 21.8. The van der Waals surface area contributed by atoms with Crippen molar-refractivity contribution in [2.24, 2.45) is 0 Å². The number of aromatic nitrogens is 6. The summed E-state index contributed by atoms with van der Waals surface area (Å²) in [6.07, 6.45) is 6.54. The van der Waals surface area contributed by atoms with Crippen LogP contribution in [0.4, 0.5) is 14.6 Å². The minimum atomic E-state index is -2.32. The fourth-order valence-corrected chi connectivity index (χ4v) is 5.46. The number of fused-ring (bicyclic) bond motifs is 1. The molecule has 0 bridgehead atoms. The number of allylic oxidation sites excluding steroid dienone is 1. The van der Waals surface area contributed by atoms with Crippen molar-refractivity contribution < 1.29 is 13.6 Å². The van der Waals surface area contributed by atoms with Crippen molar-refractivity contribution in [2.45, 2.75) is 44.3 Å². The van der Waals surface area contributed by atoms with E-state index in [9.17, 15) is 0 Å². The van der Waals surface area contributed by atoms with E-state index < -0.39 is 17.5 Å². The molecule has 0 radical (unpaired) electrons. The molecule has 1 aliphatic carbocycles. The smallest absolute Gasteiger partial charge is 0.221 e. The van der Waals surface area contributed by atoms with Gasteiger partial charge in [-0.1, -0.05) is 12.1 Å². The molecule has 8 nitrogen and oxygen atoms in total. The number of rotatable bonds is 6. The van der Waals surface area contributed by atoms with Crippen LogP contribution in [-0.4, -0.2) is 36.2 Å². The Morgan fingerprint density at radius 1 is 1.00 bits per heavy atom. The number of pyridine rings is 2. The predicted molar refractivity (Wildman–Crippen MR) is 145 cm³/mol. The molecule has 5 aromatic rings. The van der Waals surface area contributed by atoms with Crippen LogP contribution in [0.2, 0.25) is 0 Å². The number of alkyl halides is 1. The number of aromatic amines is 1. The van der Waals surface area contributed by atoms with Gasteiger partial charge in [-0.05, 0) is 69.2 Å². The summed E-state index contributed by atoms with van der Waals surface area (Å²) >= 11 is 0. The molecule has 1 saturated carbocycles. The van der Waals surface area contributed by atoms with Crippen LogP contribution in [0.1, 0.15) is 60.9 Å². The number of hydrogen-bond donors (Lipinski definition) is 1. The summed E-state index contributed by atoms with van der Waals surface area (Å²) in [4.78, 5) is 22.8. The fourth-order valence-electron chi connectivity index (χ4n) is 5.46. The monoisotopic (exact) mass is 537 g/mol. The van der Waals surface area contributed by atoms with E-state index in [1.807, 2.05) is 6.92 Å². The maximum absolute atomic E-state index is 17.9. The van der Waals surface area contributed by atoms with Gasteiger partial charge in [-0.3, -0.25) is 9.97 Å². The van der Waals surface area contributed by atoms with Gasteiger partial charge in [-0.15, -0.1) is 5.10 Å². The van der Waals surface area contributed by atoms with Crippen molar-refractivity contribution in [1.82, 2.24) is 30.1 Å². The molecule has 1 aromatic carbocycles. The second kappa shape index (κ2) is 9.18. The number of H-pyrrole nitrogens is 1. The van der Waals surface area contributed by atoms with Crippen LogP contribution < -0.4 is 5.06 Å². The van der Waals surface area contributed by atoms with Crippen LogP contribution in [0.15, 0.2) is 78.9 Å². The molecule has 1 aliphatic heterocycles. The molecule has 7 rings (SSSR count). The minimum Gasteiger partial charge on any atom is -0.382 e. The first-order valence-corrected chi connectivity index (χ1v) is 13.2. The molecular formula is C30H25F2N7O. The van der Waals surface area contributed by atoms with Gasteiger partial charge in [-0.25, -0.2) is 13.8 Å². The first-order chi connectivity index (χ1) is 19.5. The Bertz CT molecular complexity index is 1700. The van der Waals surface area contributed by atoms with E-state index in [2.05, 4.69) is 25.1 Å². The van der Waals surface area contributed by atoms with Gasteiger partial charge in [0.05, 0.1) is 22.9 Å². The summed E-state index contributed by atoms with van der Waals surface area (Å²) in [6.45, 7) is 3.64. The van der Waals surface area contributed by atoms with Gasteiger partial charge in [0, 0.05) is 41.2 Å². The zero-order valence-corrected chi connectivity index (χ0v) is 21.8. The van der Waals surface area contributed by atoms with E-state index in [0.717, 1.165) is 12.8 Å². The number of anilines is 1. The van der Waals surface area contributed by atoms with Crippen molar-refractivity contribution in [3.8, 4) is 0 Å². The van der Waals surface area contributed by atoms with Gasteiger partial charge in [0.25, 0.3) is 0 Å². The van der Waals surface area contributed by atoms with Crippen LogP contribution in [0, 0.1) is 5.82 Å². The fraction of sp³-hybridized carbons (Fsp3) is 0.233. The summed E-state index contributed by atoms with van der Waals surface area (Å²) in [6, 6.07) is 14.7. The Labute approximate surface area is 228 Å². The molecule has 1 unspecified atom stereocenters. The Hall–Kier alpha value is -4.73. The second-order valence-corrected chi connectivity index (χ2v) is 10.1. The summed E-state index contributed by atoms with van der Waals surface area (Å²) in [5.74, 6) is 1.28. The summed E-state index contributed by atoms with van der Waals surface area (Å²) in [5.41, 5.74) is -0.758. The number of imidazole rings is 1. The molecule has 0 spiro atoms. The SMILES string of the molecule is CC1=C(c2cc(C(F)(c3ccccn3)c3ccccn3)c3nc(C4CC4)[nH]c3c2F)C(C)N(c2cccnn2)O1. The maximum Gasteiger partial charge on any atom is 0.221 e. The van der Waals surface area contributed by atoms with Crippen LogP contribution in [0.25, 0.3) is 16.6 Å². The Morgan fingerprint density at radius 2 is 1.73 bits per heavy atom. The van der Waals surface area contributed by atoms with Crippen molar-refractivity contribution in [1.29, 1.82) is 0 Å². The average Bonchev–Trinajstić information content (AvgIpc) is 3.68. The zero-order chi connectivity index (χ0) is 27.4. The quantitative estimate of drug-likeness (QED) is 0.284. The van der Waals surface area contributed by atoms with E-state index in [1.165, 1.54) is 18.5 Å². The average molecular weight is 538 g/mol. The van der Waals surface area contributed by atoms with Gasteiger partial charge in [0.15, 0.2) is 11.6 Å². The third kappa shape index (κ3) is 3.74. The number of hydrogen-bond acceptors (Lipinski definition) is 7. The highest BCUT2D eigenvalue weighted by Crippen LogP contribution is 2.47. The van der Waals surface area contributed by atoms with Gasteiger partial charge >= 0.3 is 0 Å². The third-order valence-electron chi connectivity index (χ3n) is 7.55. The summed E-state index contributed by atoms with van der Waals surface area (Å²) in [7, 11) is 0. The van der Waals surface area contributed by atoms with E-state index in [4.69, 9.17) is 9.82 Å². The highest BCUT2D eigenvalue weighted by Gasteiger charge is 2.44. The lowest BCUT2D eigenvalue weighted by Gasteiger charge is -2.26. The number of nitrogens with zero attached hydrogens (tertiary/aromatic N) is 6. The largest absolute Gasteiger partial charge is 0.382 e. The Balaban J connectivity index is 1.49. The molecule has 0 amide bonds. The molecule has 40 heavy (non-hydrogen) atoms. The molecule has 2 aliphatic rings. The lowest BCUT2D eigenvalue weighted by Crippen LogP contribution is -2.29. The molecule has 1 atom stereocenters. The number of hydroxylamine groups is 1. The van der Waals surface area contributed by atoms with Crippen LogP contribution in [0.5, 0.6) is 0 Å². The van der Waals surface area contributed by atoms with Crippen molar-refractivity contribution in [2.75, 3.05) is 5.06 Å². The van der Waals surface area contributed by atoms with Gasteiger partial charge in [0.2, 0.25) is 5.67 Å². The van der Waals surface area contributed by atoms with E-state index >= 15 is 8.78 Å². The molecule has 1 N–H and O–H groups in total. The highest BCUT2D eigenvalue weighted by molar-refractivity contribution is 5.89. The molecule has 10 heteroatoms. The number of nitrogens with one attached hydrogen (secondary N) is 1. The number of halogens is 2.